The van der Waals surface area contributed by atoms with Gasteiger partial charge in [-0.15, -0.1) is 0 Å². The van der Waals surface area contributed by atoms with Crippen molar-refractivity contribution in [2.24, 2.45) is 0 Å². The fraction of sp³-hybridized carbons (Fsp3) is 0.333. The van der Waals surface area contributed by atoms with Gasteiger partial charge in [0.2, 0.25) is 0 Å². The van der Waals surface area contributed by atoms with E-state index in [1.165, 1.54) is 5.56 Å². The maximum Gasteiger partial charge on any atom is 0.119 e. The predicted octanol–water partition coefficient (Wildman–Crippen LogP) is 3.73. The molecule has 0 amide bonds. The number of nitrogens with zero attached hydrogens (tertiary/aromatic N) is 1. The summed E-state index contributed by atoms with van der Waals surface area (Å²) in [6.45, 7) is 4.21. The van der Waals surface area contributed by atoms with Gasteiger partial charge in [-0.1, -0.05) is 46.3 Å². The second kappa shape index (κ2) is 7.77. The Kier molecular flexibility index (Phi) is 5.48. The Morgan fingerprint density at radius 2 is 1.86 bits per heavy atom. The molecule has 3 nitrogen and oxygen atoms in total. The Balaban J connectivity index is 1.49. The molecule has 0 N–H and O–H groups in total. The lowest BCUT2D eigenvalue weighted by Crippen LogP contribution is -2.44. The highest BCUT2D eigenvalue weighted by molar-refractivity contribution is 9.10. The minimum atomic E-state index is 0.126. The van der Waals surface area contributed by atoms with Crippen molar-refractivity contribution < 1.29 is 9.47 Å². The zero-order chi connectivity index (χ0) is 15.2. The molecule has 3 rings (SSSR count). The number of hydrogen-bond donors (Lipinski definition) is 0. The van der Waals surface area contributed by atoms with Gasteiger partial charge in [-0.25, -0.2) is 0 Å². The van der Waals surface area contributed by atoms with Gasteiger partial charge in [0.05, 0.1) is 6.61 Å². The van der Waals surface area contributed by atoms with Crippen molar-refractivity contribution in [3.05, 3.63) is 64.6 Å². The lowest BCUT2D eigenvalue weighted by molar-refractivity contribution is -0.0504. The average Bonchev–Trinajstić information content (AvgIpc) is 2.56. The van der Waals surface area contributed by atoms with E-state index in [1.807, 2.05) is 24.3 Å². The molecule has 1 saturated heterocycles. The second-order valence-electron chi connectivity index (χ2n) is 5.48. The molecule has 0 saturated carbocycles. The largest absolute Gasteiger partial charge is 0.491 e. The number of benzene rings is 2. The third-order valence-electron chi connectivity index (χ3n) is 3.72. The summed E-state index contributed by atoms with van der Waals surface area (Å²) in [6.07, 6.45) is 0.126. The highest BCUT2D eigenvalue weighted by Crippen LogP contribution is 2.17. The van der Waals surface area contributed by atoms with Crippen LogP contribution in [0.1, 0.15) is 5.56 Å². The van der Waals surface area contributed by atoms with Crippen LogP contribution in [-0.2, 0) is 11.3 Å². The zero-order valence-electron chi connectivity index (χ0n) is 12.5. The van der Waals surface area contributed by atoms with Gasteiger partial charge in [-0.3, -0.25) is 4.90 Å². The van der Waals surface area contributed by atoms with E-state index in [0.717, 1.165) is 36.5 Å². The van der Waals surface area contributed by atoms with Crippen molar-refractivity contribution in [1.82, 2.24) is 4.90 Å². The Morgan fingerprint density at radius 3 is 2.64 bits per heavy atom. The maximum atomic E-state index is 5.83. The first-order valence-electron chi connectivity index (χ1n) is 7.56. The molecule has 2 aromatic carbocycles. The first-order chi connectivity index (χ1) is 10.8. The summed E-state index contributed by atoms with van der Waals surface area (Å²) in [5.74, 6) is 0.881. The van der Waals surface area contributed by atoms with Crippen molar-refractivity contribution in [2.45, 2.75) is 12.6 Å². The average molecular weight is 362 g/mol. The molecule has 2 aromatic rings. The van der Waals surface area contributed by atoms with Gasteiger partial charge in [-0.05, 0) is 29.8 Å². The molecule has 116 valence electrons. The van der Waals surface area contributed by atoms with Crippen LogP contribution in [0, 0.1) is 0 Å². The molecule has 0 aliphatic carbocycles. The number of rotatable bonds is 5. The quantitative estimate of drug-likeness (QED) is 0.809. The fourth-order valence-electron chi connectivity index (χ4n) is 2.59. The van der Waals surface area contributed by atoms with Gasteiger partial charge in [-0.2, -0.15) is 0 Å². The lowest BCUT2D eigenvalue weighted by atomic mass is 10.2. The summed E-state index contributed by atoms with van der Waals surface area (Å²) >= 11 is 3.43. The molecule has 22 heavy (non-hydrogen) atoms. The number of morpholine rings is 1. The van der Waals surface area contributed by atoms with Crippen molar-refractivity contribution in [3.63, 3.8) is 0 Å². The van der Waals surface area contributed by atoms with E-state index in [-0.39, 0.29) is 6.10 Å². The molecule has 1 heterocycles. The van der Waals surface area contributed by atoms with Crippen LogP contribution in [0.3, 0.4) is 0 Å². The van der Waals surface area contributed by atoms with Crippen molar-refractivity contribution in [3.8, 4) is 5.75 Å². The summed E-state index contributed by atoms with van der Waals surface area (Å²) in [7, 11) is 0. The van der Waals surface area contributed by atoms with E-state index >= 15 is 0 Å². The van der Waals surface area contributed by atoms with E-state index < -0.39 is 0 Å². The smallest absolute Gasteiger partial charge is 0.119 e. The van der Waals surface area contributed by atoms with E-state index in [4.69, 9.17) is 9.47 Å². The van der Waals surface area contributed by atoms with Crippen LogP contribution in [0.2, 0.25) is 0 Å². The SMILES string of the molecule is Brc1ccc(OCC2CN(Cc3ccccc3)CCO2)cc1. The first kappa shape index (κ1) is 15.5. The van der Waals surface area contributed by atoms with Crippen LogP contribution in [0.15, 0.2) is 59.1 Å². The van der Waals surface area contributed by atoms with Gasteiger partial charge >= 0.3 is 0 Å². The number of halogens is 1. The highest BCUT2D eigenvalue weighted by atomic mass is 79.9. The Morgan fingerprint density at radius 1 is 1.09 bits per heavy atom. The summed E-state index contributed by atoms with van der Waals surface area (Å²) in [5, 5.41) is 0. The summed E-state index contributed by atoms with van der Waals surface area (Å²) in [4.78, 5) is 2.43. The monoisotopic (exact) mass is 361 g/mol. The van der Waals surface area contributed by atoms with Crippen LogP contribution in [0.25, 0.3) is 0 Å². The first-order valence-corrected chi connectivity index (χ1v) is 8.35. The summed E-state index contributed by atoms with van der Waals surface area (Å²) < 4.78 is 12.7. The molecule has 1 unspecified atom stereocenters. The van der Waals surface area contributed by atoms with Gasteiger partial charge < -0.3 is 9.47 Å². The molecule has 1 aliphatic heterocycles. The normalized spacial score (nSPS) is 19.0. The third-order valence-corrected chi connectivity index (χ3v) is 4.25. The van der Waals surface area contributed by atoms with Gasteiger partial charge in [0.1, 0.15) is 18.5 Å². The van der Waals surface area contributed by atoms with Crippen LogP contribution in [0.4, 0.5) is 0 Å². The van der Waals surface area contributed by atoms with Crippen LogP contribution in [-0.4, -0.2) is 37.3 Å². The Hall–Kier alpha value is -1.36. The van der Waals surface area contributed by atoms with Crippen molar-refractivity contribution in [2.75, 3.05) is 26.3 Å². The molecule has 1 fully saturated rings. The number of hydrogen-bond acceptors (Lipinski definition) is 3. The molecule has 0 bridgehead atoms. The molecule has 0 aromatic heterocycles. The minimum Gasteiger partial charge on any atom is -0.491 e. The molecule has 1 aliphatic rings. The van der Waals surface area contributed by atoms with Crippen LogP contribution in [0.5, 0.6) is 5.75 Å². The van der Waals surface area contributed by atoms with Gasteiger partial charge in [0, 0.05) is 24.1 Å². The van der Waals surface area contributed by atoms with Crippen LogP contribution < -0.4 is 4.74 Å². The standard InChI is InChI=1S/C18H20BrNO2/c19-16-6-8-17(9-7-16)22-14-18-13-20(10-11-21-18)12-15-4-2-1-3-5-15/h1-9,18H,10-14H2. The molecule has 1 atom stereocenters. The van der Waals surface area contributed by atoms with E-state index in [2.05, 4.69) is 51.2 Å². The van der Waals surface area contributed by atoms with E-state index in [9.17, 15) is 0 Å². The molecule has 4 heteroatoms. The topological polar surface area (TPSA) is 21.7 Å². The van der Waals surface area contributed by atoms with Crippen molar-refractivity contribution >= 4 is 15.9 Å². The van der Waals surface area contributed by atoms with Crippen molar-refractivity contribution in [1.29, 1.82) is 0 Å². The molecule has 0 radical (unpaired) electrons. The third kappa shape index (κ3) is 4.57. The minimum absolute atomic E-state index is 0.126. The van der Waals surface area contributed by atoms with Gasteiger partial charge in [0.25, 0.3) is 0 Å². The predicted molar refractivity (Wildman–Crippen MR) is 91.1 cm³/mol. The molecule has 0 spiro atoms. The summed E-state index contributed by atoms with van der Waals surface area (Å²) in [5.41, 5.74) is 1.34. The Bertz CT molecular complexity index is 573. The maximum absolute atomic E-state index is 5.83. The Labute approximate surface area is 140 Å². The highest BCUT2D eigenvalue weighted by Gasteiger charge is 2.21. The second-order valence-corrected chi connectivity index (χ2v) is 6.39. The lowest BCUT2D eigenvalue weighted by Gasteiger charge is -2.32. The van der Waals surface area contributed by atoms with E-state index in [0.29, 0.717) is 6.61 Å². The molecular weight excluding hydrogens is 342 g/mol. The van der Waals surface area contributed by atoms with Gasteiger partial charge in [0.15, 0.2) is 0 Å². The summed E-state index contributed by atoms with van der Waals surface area (Å²) in [6, 6.07) is 18.5. The fourth-order valence-corrected chi connectivity index (χ4v) is 2.85. The number of ether oxygens (including phenoxy) is 2. The molecular formula is C18H20BrNO2. The van der Waals surface area contributed by atoms with E-state index in [1.54, 1.807) is 0 Å². The zero-order valence-corrected chi connectivity index (χ0v) is 14.0. The van der Waals surface area contributed by atoms with Crippen LogP contribution >= 0.6 is 15.9 Å².